The van der Waals surface area contributed by atoms with Crippen LogP contribution in [0, 0.1) is 0 Å². The molecular formula is C30H26N2O4. The Kier molecular flexibility index (Phi) is 5.18. The minimum Gasteiger partial charge on any atom is -0.507 e. The van der Waals surface area contributed by atoms with Gasteiger partial charge in [-0.1, -0.05) is 44.2 Å². The molecule has 6 nitrogen and oxygen atoms in total. The third-order valence-electron chi connectivity index (χ3n) is 7.16. The number of hydrogen-bond donors (Lipinski definition) is 2. The number of nitrogens with zero attached hydrogens (tertiary/aromatic N) is 1. The van der Waals surface area contributed by atoms with Crippen LogP contribution in [0.3, 0.4) is 0 Å². The average Bonchev–Trinajstić information content (AvgIpc) is 3.60. The first-order chi connectivity index (χ1) is 17.4. The summed E-state index contributed by atoms with van der Waals surface area (Å²) in [6.45, 7) is 4.80. The van der Waals surface area contributed by atoms with Crippen LogP contribution in [0.5, 0.6) is 5.75 Å². The Morgan fingerprint density at radius 2 is 1.83 bits per heavy atom. The molecule has 0 bridgehead atoms. The lowest BCUT2D eigenvalue weighted by molar-refractivity contribution is -0.132. The Morgan fingerprint density at radius 1 is 1.06 bits per heavy atom. The maximum absolute atomic E-state index is 13.5. The molecule has 0 aliphatic carbocycles. The van der Waals surface area contributed by atoms with Crippen LogP contribution in [0.4, 0.5) is 5.69 Å². The van der Waals surface area contributed by atoms with Crippen LogP contribution < -0.4 is 9.64 Å². The SMILES string of the molecule is CC(C)c1ccc(N2C(=O)C(=O)/C(=C(/O)c3ccc4c(c3)CCO4)C2c2c[nH]c3ccccc23)cc1. The summed E-state index contributed by atoms with van der Waals surface area (Å²) in [5, 5.41) is 12.4. The molecule has 6 rings (SSSR count). The first-order valence-electron chi connectivity index (χ1n) is 12.2. The second kappa shape index (κ2) is 8.41. The molecule has 3 heterocycles. The zero-order valence-electron chi connectivity index (χ0n) is 20.1. The van der Waals surface area contributed by atoms with E-state index in [9.17, 15) is 14.7 Å². The zero-order chi connectivity index (χ0) is 25.0. The summed E-state index contributed by atoms with van der Waals surface area (Å²) in [7, 11) is 0. The molecule has 0 radical (unpaired) electrons. The molecule has 2 aliphatic rings. The normalized spacial score (nSPS) is 18.8. The number of fused-ring (bicyclic) bond motifs is 2. The van der Waals surface area contributed by atoms with E-state index >= 15 is 0 Å². The van der Waals surface area contributed by atoms with Crippen molar-refractivity contribution in [1.82, 2.24) is 4.98 Å². The Balaban J connectivity index is 1.56. The lowest BCUT2D eigenvalue weighted by Gasteiger charge is -2.25. The third-order valence-corrected chi connectivity index (χ3v) is 7.16. The second-order valence-corrected chi connectivity index (χ2v) is 9.63. The number of ether oxygens (including phenoxy) is 1. The van der Waals surface area contributed by atoms with Gasteiger partial charge in [0.15, 0.2) is 0 Å². The molecule has 1 atom stereocenters. The Labute approximate surface area is 208 Å². The van der Waals surface area contributed by atoms with Gasteiger partial charge in [-0.05, 0) is 53.4 Å². The van der Waals surface area contributed by atoms with Crippen molar-refractivity contribution in [3.63, 3.8) is 0 Å². The molecule has 6 heteroatoms. The maximum atomic E-state index is 13.5. The van der Waals surface area contributed by atoms with E-state index in [0.29, 0.717) is 23.8 Å². The summed E-state index contributed by atoms with van der Waals surface area (Å²) in [6, 6.07) is 20.0. The van der Waals surface area contributed by atoms with Crippen molar-refractivity contribution in [1.29, 1.82) is 0 Å². The van der Waals surface area contributed by atoms with Crippen LogP contribution in [0.2, 0.25) is 0 Å². The van der Waals surface area contributed by atoms with Crippen LogP contribution in [-0.4, -0.2) is 28.4 Å². The van der Waals surface area contributed by atoms with Crippen molar-refractivity contribution in [2.75, 3.05) is 11.5 Å². The summed E-state index contributed by atoms with van der Waals surface area (Å²) < 4.78 is 5.60. The van der Waals surface area contributed by atoms with Crippen LogP contribution in [0.15, 0.2) is 78.5 Å². The van der Waals surface area contributed by atoms with Gasteiger partial charge >= 0.3 is 0 Å². The molecule has 36 heavy (non-hydrogen) atoms. The van der Waals surface area contributed by atoms with E-state index in [4.69, 9.17) is 4.74 Å². The molecule has 1 amide bonds. The highest BCUT2D eigenvalue weighted by Crippen LogP contribution is 2.44. The molecule has 1 fully saturated rings. The number of anilines is 1. The van der Waals surface area contributed by atoms with Gasteiger partial charge in [0.05, 0.1) is 18.2 Å². The highest BCUT2D eigenvalue weighted by molar-refractivity contribution is 6.51. The summed E-state index contributed by atoms with van der Waals surface area (Å²) >= 11 is 0. The Bertz CT molecular complexity index is 1540. The van der Waals surface area contributed by atoms with Crippen LogP contribution >= 0.6 is 0 Å². The summed E-state index contributed by atoms with van der Waals surface area (Å²) in [5.74, 6) is -0.422. The number of H-pyrrole nitrogens is 1. The minimum absolute atomic E-state index is 0.0801. The first-order valence-corrected chi connectivity index (χ1v) is 12.2. The van der Waals surface area contributed by atoms with Gasteiger partial charge in [-0.25, -0.2) is 0 Å². The summed E-state index contributed by atoms with van der Waals surface area (Å²) in [6.07, 6.45) is 2.55. The Morgan fingerprint density at radius 3 is 2.61 bits per heavy atom. The standard InChI is InChI=1S/C30H26N2O4/c1-17(2)18-7-10-21(11-8-18)32-27(23-16-31-24-6-4-3-5-22(23)24)26(29(34)30(32)35)28(33)20-9-12-25-19(15-20)13-14-36-25/h3-12,15-17,27,31,33H,13-14H2,1-2H3/b28-26+. The van der Waals surface area contributed by atoms with E-state index in [1.807, 2.05) is 60.8 Å². The number of benzene rings is 3. The van der Waals surface area contributed by atoms with E-state index in [1.54, 1.807) is 12.1 Å². The van der Waals surface area contributed by atoms with Gasteiger partial charge < -0.3 is 14.8 Å². The number of aliphatic hydroxyl groups is 1. The van der Waals surface area contributed by atoms with Crippen molar-refractivity contribution in [2.45, 2.75) is 32.2 Å². The largest absolute Gasteiger partial charge is 0.507 e. The number of nitrogens with one attached hydrogen (secondary N) is 1. The molecule has 0 saturated carbocycles. The lowest BCUT2D eigenvalue weighted by atomic mass is 9.94. The van der Waals surface area contributed by atoms with E-state index in [0.717, 1.165) is 39.8 Å². The fourth-order valence-corrected chi connectivity index (χ4v) is 5.22. The van der Waals surface area contributed by atoms with Crippen molar-refractivity contribution in [3.8, 4) is 5.75 Å². The smallest absolute Gasteiger partial charge is 0.300 e. The zero-order valence-corrected chi connectivity index (χ0v) is 20.1. The number of amides is 1. The number of Topliss-reactive ketones (excluding diaryl/α,β-unsaturated/α-hetero) is 1. The third kappa shape index (κ3) is 3.40. The second-order valence-electron chi connectivity index (χ2n) is 9.63. The number of aliphatic hydroxyl groups excluding tert-OH is 1. The van der Waals surface area contributed by atoms with Crippen LogP contribution in [0.1, 0.15) is 48.1 Å². The van der Waals surface area contributed by atoms with E-state index < -0.39 is 17.7 Å². The molecule has 0 spiro atoms. The maximum Gasteiger partial charge on any atom is 0.300 e. The molecule has 1 unspecified atom stereocenters. The molecule has 4 aromatic rings. The van der Waals surface area contributed by atoms with Gasteiger partial charge in [0, 0.05) is 40.3 Å². The van der Waals surface area contributed by atoms with Crippen molar-refractivity contribution in [3.05, 3.63) is 101 Å². The number of carbonyl (C=O) groups excluding carboxylic acids is 2. The summed E-state index contributed by atoms with van der Waals surface area (Å²) in [4.78, 5) is 31.8. The molecular weight excluding hydrogens is 452 g/mol. The van der Waals surface area contributed by atoms with Crippen LogP contribution in [0.25, 0.3) is 16.7 Å². The van der Waals surface area contributed by atoms with Crippen molar-refractivity contribution < 1.29 is 19.4 Å². The molecule has 2 aliphatic heterocycles. The predicted octanol–water partition coefficient (Wildman–Crippen LogP) is 5.85. The quantitative estimate of drug-likeness (QED) is 0.219. The van der Waals surface area contributed by atoms with E-state index in [-0.39, 0.29) is 11.3 Å². The number of rotatable bonds is 4. The van der Waals surface area contributed by atoms with Gasteiger partial charge in [-0.15, -0.1) is 0 Å². The number of aromatic amines is 1. The van der Waals surface area contributed by atoms with Gasteiger partial charge in [0.2, 0.25) is 0 Å². The first kappa shape index (κ1) is 22.2. The molecule has 1 saturated heterocycles. The fourth-order valence-electron chi connectivity index (χ4n) is 5.22. The van der Waals surface area contributed by atoms with Gasteiger partial charge in [0.1, 0.15) is 11.5 Å². The highest BCUT2D eigenvalue weighted by atomic mass is 16.5. The Hall–Kier alpha value is -4.32. The molecule has 180 valence electrons. The van der Waals surface area contributed by atoms with Gasteiger partial charge in [-0.3, -0.25) is 14.5 Å². The molecule has 1 aromatic heterocycles. The van der Waals surface area contributed by atoms with Gasteiger partial charge in [-0.2, -0.15) is 0 Å². The number of hydrogen-bond acceptors (Lipinski definition) is 4. The summed E-state index contributed by atoms with van der Waals surface area (Å²) in [5.41, 5.74) is 4.94. The highest BCUT2D eigenvalue weighted by Gasteiger charge is 2.47. The topological polar surface area (TPSA) is 82.6 Å². The average molecular weight is 479 g/mol. The van der Waals surface area contributed by atoms with Crippen molar-refractivity contribution in [2.24, 2.45) is 0 Å². The monoisotopic (exact) mass is 478 g/mol. The number of aromatic nitrogens is 1. The van der Waals surface area contributed by atoms with Crippen LogP contribution in [-0.2, 0) is 16.0 Å². The number of carbonyl (C=O) groups is 2. The lowest BCUT2D eigenvalue weighted by Crippen LogP contribution is -2.29. The molecule has 3 aromatic carbocycles. The number of ketones is 1. The fraction of sp³-hybridized carbons (Fsp3) is 0.200. The van der Waals surface area contributed by atoms with Crippen molar-refractivity contribution >= 4 is 34.0 Å². The predicted molar refractivity (Wildman–Crippen MR) is 139 cm³/mol. The van der Waals surface area contributed by atoms with Gasteiger partial charge in [0.25, 0.3) is 11.7 Å². The molecule has 2 N–H and O–H groups in total. The van der Waals surface area contributed by atoms with E-state index in [1.165, 1.54) is 4.90 Å². The van der Waals surface area contributed by atoms with E-state index in [2.05, 4.69) is 18.8 Å². The number of para-hydroxylation sites is 1. The minimum atomic E-state index is -0.782.